The van der Waals surface area contributed by atoms with Gasteiger partial charge in [-0.1, -0.05) is 11.4 Å². The number of ether oxygens (including phenoxy) is 2. The predicted molar refractivity (Wildman–Crippen MR) is 75.1 cm³/mol. The number of hydrogen-bond acceptors (Lipinski definition) is 8. The molecule has 0 unspecified atom stereocenters. The van der Waals surface area contributed by atoms with Crippen LogP contribution in [0.3, 0.4) is 0 Å². The second-order valence-corrected chi connectivity index (χ2v) is 9.31. The van der Waals surface area contributed by atoms with Gasteiger partial charge in [-0.25, -0.2) is 0 Å². The minimum Gasteiger partial charge on any atom is -0.469 e. The van der Waals surface area contributed by atoms with Crippen molar-refractivity contribution in [3.63, 3.8) is 0 Å². The van der Waals surface area contributed by atoms with E-state index in [1.54, 1.807) is 14.2 Å². The number of rotatable bonds is 6. The molecule has 0 radical (unpaired) electrons. The highest BCUT2D eigenvalue weighted by molar-refractivity contribution is 8.67. The SMILES string of the molecule is COC(=O)CCC(=O)OC.COP(=S)(OC)SC. The molecule has 9 heteroatoms. The second kappa shape index (κ2) is 11.9. The van der Waals surface area contributed by atoms with Gasteiger partial charge in [0.25, 0.3) is 0 Å². The van der Waals surface area contributed by atoms with Crippen molar-refractivity contribution in [3.8, 4) is 0 Å². The predicted octanol–water partition coefficient (Wildman–Crippen LogP) is 1.98. The monoisotopic (exact) mass is 318 g/mol. The van der Waals surface area contributed by atoms with Gasteiger partial charge in [0.2, 0.25) is 5.69 Å². The Morgan fingerprint density at radius 2 is 1.33 bits per heavy atom. The summed E-state index contributed by atoms with van der Waals surface area (Å²) in [6.45, 7) is 0. The van der Waals surface area contributed by atoms with Gasteiger partial charge in [-0.05, 0) is 18.1 Å². The molecule has 0 N–H and O–H groups in total. The van der Waals surface area contributed by atoms with Crippen molar-refractivity contribution in [1.82, 2.24) is 0 Å². The summed E-state index contributed by atoms with van der Waals surface area (Å²) in [5, 5.41) is 0. The van der Waals surface area contributed by atoms with Crippen LogP contribution in [0.2, 0.25) is 0 Å². The zero-order valence-electron chi connectivity index (χ0n) is 11.1. The molecule has 0 heterocycles. The summed E-state index contributed by atoms with van der Waals surface area (Å²) in [4.78, 5) is 20.8. The van der Waals surface area contributed by atoms with Crippen LogP contribution in [0.4, 0.5) is 0 Å². The first kappa shape index (κ1) is 20.2. The van der Waals surface area contributed by atoms with Gasteiger partial charge in [0.15, 0.2) is 0 Å². The Labute approximate surface area is 117 Å². The summed E-state index contributed by atoms with van der Waals surface area (Å²) in [6.07, 6.45) is 2.06. The highest BCUT2D eigenvalue weighted by Gasteiger charge is 2.10. The molecule has 0 fully saturated rings. The van der Waals surface area contributed by atoms with Crippen molar-refractivity contribution < 1.29 is 28.1 Å². The van der Waals surface area contributed by atoms with Gasteiger partial charge < -0.3 is 18.5 Å². The molecular weight excluding hydrogens is 299 g/mol. The number of esters is 2. The van der Waals surface area contributed by atoms with Crippen LogP contribution in [0.15, 0.2) is 0 Å². The van der Waals surface area contributed by atoms with Crippen LogP contribution >= 0.6 is 17.1 Å². The van der Waals surface area contributed by atoms with E-state index >= 15 is 0 Å². The molecule has 0 spiro atoms. The fraction of sp³-hybridized carbons (Fsp3) is 0.778. The molecule has 0 bridgehead atoms. The van der Waals surface area contributed by atoms with Gasteiger partial charge in [-0.3, -0.25) is 9.59 Å². The van der Waals surface area contributed by atoms with Gasteiger partial charge in [0.05, 0.1) is 27.1 Å². The molecule has 0 amide bonds. The first-order valence-electron chi connectivity index (χ1n) is 4.80. The van der Waals surface area contributed by atoms with Crippen molar-refractivity contribution in [2.75, 3.05) is 34.7 Å². The lowest BCUT2D eigenvalue weighted by Gasteiger charge is -2.12. The van der Waals surface area contributed by atoms with Crippen molar-refractivity contribution in [2.24, 2.45) is 0 Å². The van der Waals surface area contributed by atoms with Crippen LogP contribution in [-0.2, 0) is 39.9 Å². The summed E-state index contributed by atoms with van der Waals surface area (Å²) in [5.74, 6) is -0.796. The Morgan fingerprint density at radius 1 is 1.00 bits per heavy atom. The maximum absolute atomic E-state index is 10.4. The van der Waals surface area contributed by atoms with Gasteiger partial charge in [0.1, 0.15) is 0 Å². The third-order valence-electron chi connectivity index (χ3n) is 1.66. The first-order valence-corrected chi connectivity index (χ1v) is 9.26. The van der Waals surface area contributed by atoms with E-state index in [4.69, 9.17) is 20.9 Å². The van der Waals surface area contributed by atoms with E-state index in [0.717, 1.165) is 0 Å². The maximum atomic E-state index is 10.4. The quantitative estimate of drug-likeness (QED) is 0.544. The third kappa shape index (κ3) is 11.0. The minimum atomic E-state index is -1.91. The molecule has 0 aromatic carbocycles. The van der Waals surface area contributed by atoms with Crippen molar-refractivity contribution >= 4 is 40.8 Å². The standard InChI is InChI=1S/C6H10O4.C3H9O2PS2/c1-9-5(7)3-4-6(8)10-2;1-4-6(7,5-2)8-3/h3-4H2,1-2H3;1-3H3. The molecule has 18 heavy (non-hydrogen) atoms. The lowest BCUT2D eigenvalue weighted by molar-refractivity contribution is -0.147. The van der Waals surface area contributed by atoms with Crippen molar-refractivity contribution in [1.29, 1.82) is 0 Å². The molecule has 6 nitrogen and oxygen atoms in total. The molecule has 0 saturated heterocycles. The van der Waals surface area contributed by atoms with Gasteiger partial charge in [0, 0.05) is 14.2 Å². The molecule has 108 valence electrons. The van der Waals surface area contributed by atoms with Gasteiger partial charge in [-0.2, -0.15) is 0 Å². The fourth-order valence-corrected chi connectivity index (χ4v) is 1.97. The highest BCUT2D eigenvalue weighted by atomic mass is 32.9. The Hall–Kier alpha value is -0.140. The summed E-state index contributed by atoms with van der Waals surface area (Å²) in [6, 6.07) is 0. The lowest BCUT2D eigenvalue weighted by atomic mass is 10.3. The zero-order valence-corrected chi connectivity index (χ0v) is 13.7. The number of methoxy groups -OCH3 is 2. The Bertz CT molecular complexity index is 262. The van der Waals surface area contributed by atoms with E-state index in [1.807, 2.05) is 6.26 Å². The minimum absolute atomic E-state index is 0.0865. The molecule has 0 aromatic rings. The molecular formula is C9H19O6PS2. The Kier molecular flexibility index (Phi) is 13.4. The summed E-state index contributed by atoms with van der Waals surface area (Å²) in [7, 11) is 5.70. The first-order chi connectivity index (χ1) is 8.38. The van der Waals surface area contributed by atoms with E-state index in [2.05, 4.69) is 9.47 Å². The average Bonchev–Trinajstić information content (AvgIpc) is 2.43. The Morgan fingerprint density at radius 3 is 1.44 bits per heavy atom. The van der Waals surface area contributed by atoms with E-state index < -0.39 is 17.6 Å². The number of carbonyl (C=O) groups excluding carboxylic acids is 2. The molecule has 0 rings (SSSR count). The second-order valence-electron chi connectivity index (χ2n) is 2.65. The highest BCUT2D eigenvalue weighted by Crippen LogP contribution is 2.57. The van der Waals surface area contributed by atoms with E-state index in [9.17, 15) is 9.59 Å². The summed E-state index contributed by atoms with van der Waals surface area (Å²) < 4.78 is 18.4. The zero-order chi connectivity index (χ0) is 14.6. The van der Waals surface area contributed by atoms with E-state index in [0.29, 0.717) is 0 Å². The fourth-order valence-electron chi connectivity index (χ4n) is 0.632. The van der Waals surface area contributed by atoms with Crippen LogP contribution in [0.1, 0.15) is 12.8 Å². The van der Waals surface area contributed by atoms with E-state index in [-0.39, 0.29) is 12.8 Å². The van der Waals surface area contributed by atoms with Crippen LogP contribution < -0.4 is 0 Å². The number of carbonyl (C=O) groups is 2. The molecule has 0 aliphatic heterocycles. The third-order valence-corrected chi connectivity index (χ3v) is 7.47. The average molecular weight is 318 g/mol. The van der Waals surface area contributed by atoms with Crippen molar-refractivity contribution in [2.45, 2.75) is 12.8 Å². The topological polar surface area (TPSA) is 71.1 Å². The van der Waals surface area contributed by atoms with Gasteiger partial charge >= 0.3 is 11.9 Å². The number of hydrogen-bond donors (Lipinski definition) is 0. The van der Waals surface area contributed by atoms with Crippen LogP contribution in [0, 0.1) is 0 Å². The maximum Gasteiger partial charge on any atom is 0.306 e. The van der Waals surface area contributed by atoms with Gasteiger partial charge in [-0.15, -0.1) is 0 Å². The lowest BCUT2D eigenvalue weighted by Crippen LogP contribution is -2.06. The van der Waals surface area contributed by atoms with Crippen LogP contribution in [0.5, 0.6) is 0 Å². The largest absolute Gasteiger partial charge is 0.469 e. The van der Waals surface area contributed by atoms with Crippen molar-refractivity contribution in [3.05, 3.63) is 0 Å². The molecule has 0 aromatic heterocycles. The molecule has 0 saturated carbocycles. The smallest absolute Gasteiger partial charge is 0.306 e. The molecule has 0 aliphatic carbocycles. The van der Waals surface area contributed by atoms with Crippen LogP contribution in [0.25, 0.3) is 0 Å². The Balaban J connectivity index is 0. The molecule has 0 aliphatic rings. The summed E-state index contributed by atoms with van der Waals surface area (Å²) in [5.41, 5.74) is -1.91. The normalized spacial score (nSPS) is 10.1. The molecule has 0 atom stereocenters. The van der Waals surface area contributed by atoms with E-state index in [1.165, 1.54) is 25.6 Å². The summed E-state index contributed by atoms with van der Waals surface area (Å²) >= 11 is 6.39. The van der Waals surface area contributed by atoms with Crippen LogP contribution in [-0.4, -0.2) is 46.6 Å².